The number of hydrogen-bond donors (Lipinski definition) is 1. The van der Waals surface area contributed by atoms with E-state index in [0.29, 0.717) is 18.6 Å². The van der Waals surface area contributed by atoms with E-state index >= 15 is 0 Å². The SMILES string of the molecule is CCOC(C(=O)CC)c1cccc(O)c1. The fourth-order valence-electron chi connectivity index (χ4n) is 1.42. The number of Topliss-reactive ketones (excluding diaryl/α,β-unsaturated/α-hetero) is 1. The molecular weight excluding hydrogens is 192 g/mol. The minimum atomic E-state index is -0.549. The van der Waals surface area contributed by atoms with Crippen molar-refractivity contribution in [3.8, 4) is 5.75 Å². The molecule has 0 fully saturated rings. The Bertz CT molecular complexity index is 333. The van der Waals surface area contributed by atoms with Gasteiger partial charge in [0.05, 0.1) is 0 Å². The molecule has 0 radical (unpaired) electrons. The van der Waals surface area contributed by atoms with Gasteiger partial charge in [-0.05, 0) is 24.6 Å². The Labute approximate surface area is 89.7 Å². The summed E-state index contributed by atoms with van der Waals surface area (Å²) in [5.74, 6) is 0.184. The van der Waals surface area contributed by atoms with Gasteiger partial charge in [0.15, 0.2) is 5.78 Å². The molecule has 0 heterocycles. The first kappa shape index (κ1) is 11.7. The lowest BCUT2D eigenvalue weighted by Gasteiger charge is -2.15. The van der Waals surface area contributed by atoms with Gasteiger partial charge >= 0.3 is 0 Å². The molecule has 3 heteroatoms. The summed E-state index contributed by atoms with van der Waals surface area (Å²) in [6.45, 7) is 4.13. The molecule has 1 aromatic carbocycles. The third kappa shape index (κ3) is 3.06. The zero-order chi connectivity index (χ0) is 11.3. The number of aromatic hydroxyl groups is 1. The van der Waals surface area contributed by atoms with Crippen molar-refractivity contribution in [2.75, 3.05) is 6.61 Å². The van der Waals surface area contributed by atoms with Gasteiger partial charge in [-0.25, -0.2) is 0 Å². The molecule has 0 bridgehead atoms. The van der Waals surface area contributed by atoms with Gasteiger partial charge in [-0.1, -0.05) is 19.1 Å². The van der Waals surface area contributed by atoms with E-state index in [4.69, 9.17) is 4.74 Å². The van der Waals surface area contributed by atoms with Crippen molar-refractivity contribution >= 4 is 5.78 Å². The van der Waals surface area contributed by atoms with Crippen LogP contribution >= 0.6 is 0 Å². The molecule has 0 aliphatic rings. The topological polar surface area (TPSA) is 46.5 Å². The molecule has 0 aromatic heterocycles. The number of carbonyl (C=O) groups excluding carboxylic acids is 1. The first-order valence-corrected chi connectivity index (χ1v) is 5.12. The van der Waals surface area contributed by atoms with Crippen LogP contribution < -0.4 is 0 Å². The molecule has 3 nitrogen and oxygen atoms in total. The van der Waals surface area contributed by atoms with E-state index in [1.165, 1.54) is 0 Å². The molecule has 0 saturated carbocycles. The smallest absolute Gasteiger partial charge is 0.165 e. The standard InChI is InChI=1S/C12H16O3/c1-3-11(14)12(15-4-2)9-6-5-7-10(13)8-9/h5-8,12-13H,3-4H2,1-2H3. The van der Waals surface area contributed by atoms with E-state index in [9.17, 15) is 9.90 Å². The second-order valence-electron chi connectivity index (χ2n) is 3.25. The van der Waals surface area contributed by atoms with E-state index in [1.807, 2.05) is 6.92 Å². The third-order valence-electron chi connectivity index (χ3n) is 2.15. The molecule has 0 amide bonds. The Balaban J connectivity index is 2.93. The summed E-state index contributed by atoms with van der Waals surface area (Å²) in [6.07, 6.45) is -0.118. The van der Waals surface area contributed by atoms with Crippen LogP contribution in [-0.4, -0.2) is 17.5 Å². The molecule has 0 saturated heterocycles. The van der Waals surface area contributed by atoms with Gasteiger partial charge in [0, 0.05) is 13.0 Å². The number of phenols is 1. The van der Waals surface area contributed by atoms with Crippen molar-refractivity contribution in [2.24, 2.45) is 0 Å². The van der Waals surface area contributed by atoms with Gasteiger partial charge in [0.1, 0.15) is 11.9 Å². The van der Waals surface area contributed by atoms with Crippen molar-refractivity contribution in [1.82, 2.24) is 0 Å². The largest absolute Gasteiger partial charge is 0.508 e. The number of hydrogen-bond acceptors (Lipinski definition) is 3. The van der Waals surface area contributed by atoms with Crippen LogP contribution in [0, 0.1) is 0 Å². The zero-order valence-electron chi connectivity index (χ0n) is 9.06. The van der Waals surface area contributed by atoms with Crippen LogP contribution in [0.2, 0.25) is 0 Å². The van der Waals surface area contributed by atoms with E-state index < -0.39 is 6.10 Å². The maximum atomic E-state index is 11.6. The molecule has 1 aromatic rings. The van der Waals surface area contributed by atoms with Crippen molar-refractivity contribution in [1.29, 1.82) is 0 Å². The number of carbonyl (C=O) groups is 1. The first-order valence-electron chi connectivity index (χ1n) is 5.12. The van der Waals surface area contributed by atoms with E-state index in [1.54, 1.807) is 31.2 Å². The summed E-state index contributed by atoms with van der Waals surface area (Å²) in [5, 5.41) is 9.32. The Morgan fingerprint density at radius 1 is 1.47 bits per heavy atom. The van der Waals surface area contributed by atoms with Gasteiger partial charge in [-0.3, -0.25) is 4.79 Å². The lowest BCUT2D eigenvalue weighted by molar-refractivity contribution is -0.130. The average molecular weight is 208 g/mol. The Kier molecular flexibility index (Phi) is 4.31. The molecule has 0 aliphatic heterocycles. The van der Waals surface area contributed by atoms with Gasteiger partial charge < -0.3 is 9.84 Å². The van der Waals surface area contributed by atoms with Crippen LogP contribution in [0.4, 0.5) is 0 Å². The predicted octanol–water partition coefficient (Wildman–Crippen LogP) is 2.45. The van der Waals surface area contributed by atoms with E-state index in [0.717, 1.165) is 0 Å². The van der Waals surface area contributed by atoms with Crippen LogP contribution in [0.5, 0.6) is 5.75 Å². The number of ether oxygens (including phenoxy) is 1. The summed E-state index contributed by atoms with van der Waals surface area (Å²) in [4.78, 5) is 11.6. The van der Waals surface area contributed by atoms with Gasteiger partial charge in [0.25, 0.3) is 0 Å². The summed E-state index contributed by atoms with van der Waals surface area (Å²) < 4.78 is 5.38. The summed E-state index contributed by atoms with van der Waals surface area (Å²) in [7, 11) is 0. The highest BCUT2D eigenvalue weighted by Gasteiger charge is 2.19. The molecule has 1 rings (SSSR count). The molecule has 82 valence electrons. The number of ketones is 1. The van der Waals surface area contributed by atoms with Crippen molar-refractivity contribution in [3.05, 3.63) is 29.8 Å². The second-order valence-corrected chi connectivity index (χ2v) is 3.25. The first-order chi connectivity index (χ1) is 7.19. The Morgan fingerprint density at radius 3 is 2.73 bits per heavy atom. The van der Waals surface area contributed by atoms with Gasteiger partial charge in [0.2, 0.25) is 0 Å². The van der Waals surface area contributed by atoms with Crippen LogP contribution in [0.15, 0.2) is 24.3 Å². The highest BCUT2D eigenvalue weighted by atomic mass is 16.5. The van der Waals surface area contributed by atoms with Crippen LogP contribution in [0.25, 0.3) is 0 Å². The average Bonchev–Trinajstić information content (AvgIpc) is 2.25. The number of rotatable bonds is 5. The van der Waals surface area contributed by atoms with Crippen LogP contribution in [0.1, 0.15) is 31.9 Å². The molecule has 0 spiro atoms. The Morgan fingerprint density at radius 2 is 2.20 bits per heavy atom. The maximum Gasteiger partial charge on any atom is 0.165 e. The minimum Gasteiger partial charge on any atom is -0.508 e. The fourth-order valence-corrected chi connectivity index (χ4v) is 1.42. The quantitative estimate of drug-likeness (QED) is 0.808. The van der Waals surface area contributed by atoms with E-state index in [-0.39, 0.29) is 11.5 Å². The predicted molar refractivity (Wildman–Crippen MR) is 57.8 cm³/mol. The van der Waals surface area contributed by atoms with E-state index in [2.05, 4.69) is 0 Å². The molecule has 1 N–H and O–H groups in total. The summed E-state index contributed by atoms with van der Waals surface area (Å²) in [6, 6.07) is 6.63. The lowest BCUT2D eigenvalue weighted by Crippen LogP contribution is -2.15. The highest BCUT2D eigenvalue weighted by Crippen LogP contribution is 2.23. The second kappa shape index (κ2) is 5.51. The fraction of sp³-hybridized carbons (Fsp3) is 0.417. The van der Waals surface area contributed by atoms with Gasteiger partial charge in [-0.2, -0.15) is 0 Å². The van der Waals surface area contributed by atoms with Crippen LogP contribution in [0.3, 0.4) is 0 Å². The normalized spacial score (nSPS) is 12.4. The maximum absolute atomic E-state index is 11.6. The minimum absolute atomic E-state index is 0.0300. The molecule has 0 aliphatic carbocycles. The van der Waals surface area contributed by atoms with Crippen molar-refractivity contribution < 1.29 is 14.6 Å². The highest BCUT2D eigenvalue weighted by molar-refractivity contribution is 5.84. The Hall–Kier alpha value is -1.35. The molecular formula is C12H16O3. The van der Waals surface area contributed by atoms with Crippen molar-refractivity contribution in [2.45, 2.75) is 26.4 Å². The molecule has 1 atom stereocenters. The van der Waals surface area contributed by atoms with Crippen molar-refractivity contribution in [3.63, 3.8) is 0 Å². The summed E-state index contributed by atoms with van der Waals surface area (Å²) >= 11 is 0. The van der Waals surface area contributed by atoms with Crippen LogP contribution in [-0.2, 0) is 9.53 Å². The number of phenolic OH excluding ortho intramolecular Hbond substituents is 1. The monoisotopic (exact) mass is 208 g/mol. The number of benzene rings is 1. The van der Waals surface area contributed by atoms with Gasteiger partial charge in [-0.15, -0.1) is 0 Å². The molecule has 15 heavy (non-hydrogen) atoms. The zero-order valence-corrected chi connectivity index (χ0v) is 9.06. The summed E-state index contributed by atoms with van der Waals surface area (Å²) in [5.41, 5.74) is 0.712. The molecule has 1 unspecified atom stereocenters. The lowest BCUT2D eigenvalue weighted by atomic mass is 10.0. The third-order valence-corrected chi connectivity index (χ3v) is 2.15.